The normalized spacial score (nSPS) is 18.1. The van der Waals surface area contributed by atoms with Crippen LogP contribution in [0.4, 0.5) is 8.78 Å². The molecule has 3 aromatic rings. The molecular weight excluding hydrogens is 422 g/mol. The Bertz CT molecular complexity index is 1180. The number of carbonyl (C=O) groups excluding carboxylic acids is 1. The van der Waals surface area contributed by atoms with Crippen molar-refractivity contribution in [3.63, 3.8) is 0 Å². The Hall–Kier alpha value is -2.80. The fraction of sp³-hybridized carbons (Fsp3) is 0.462. The molecule has 0 spiro atoms. The number of piperidine rings is 1. The molecule has 2 aromatic carbocycles. The van der Waals surface area contributed by atoms with Crippen LogP contribution in [-0.4, -0.2) is 33.7 Å². The molecule has 1 aromatic heterocycles. The number of nitrogens with zero attached hydrogens (tertiary/aromatic N) is 3. The minimum Gasteiger partial charge on any atom is -0.364 e. The van der Waals surface area contributed by atoms with Crippen LogP contribution >= 0.6 is 0 Å². The van der Waals surface area contributed by atoms with Gasteiger partial charge in [-0.3, -0.25) is 14.4 Å². The van der Waals surface area contributed by atoms with Crippen LogP contribution in [0, 0.1) is 11.6 Å². The van der Waals surface area contributed by atoms with Crippen LogP contribution in [0.3, 0.4) is 0 Å². The molecule has 2 aliphatic rings. The van der Waals surface area contributed by atoms with Crippen LogP contribution in [0.15, 0.2) is 30.3 Å². The van der Waals surface area contributed by atoms with E-state index in [2.05, 4.69) is 10.00 Å². The summed E-state index contributed by atoms with van der Waals surface area (Å²) in [6, 6.07) is 8.61. The predicted molar refractivity (Wildman–Crippen MR) is 125 cm³/mol. The van der Waals surface area contributed by atoms with Gasteiger partial charge in [0.2, 0.25) is 0 Å². The number of benzene rings is 2. The van der Waals surface area contributed by atoms with Crippen molar-refractivity contribution in [1.29, 1.82) is 0 Å². The van der Waals surface area contributed by atoms with Gasteiger partial charge in [-0.2, -0.15) is 5.10 Å². The molecule has 7 heteroatoms. The van der Waals surface area contributed by atoms with Gasteiger partial charge in [0, 0.05) is 17.5 Å². The second-order valence-electron chi connectivity index (χ2n) is 9.46. The Labute approximate surface area is 192 Å². The van der Waals surface area contributed by atoms with Crippen LogP contribution in [0.5, 0.6) is 0 Å². The van der Waals surface area contributed by atoms with Crippen molar-refractivity contribution < 1.29 is 13.6 Å². The van der Waals surface area contributed by atoms with E-state index in [-0.39, 0.29) is 17.3 Å². The number of hydrogen-bond acceptors (Lipinski definition) is 3. The number of fused-ring (bicyclic) bond motifs is 1. The number of likely N-dealkylation sites (tertiary alicyclic amines) is 1. The molecule has 1 aliphatic heterocycles. The highest BCUT2D eigenvalue weighted by Crippen LogP contribution is 2.35. The van der Waals surface area contributed by atoms with Gasteiger partial charge in [-0.15, -0.1) is 0 Å². The number of nitrogens with two attached hydrogens (primary N) is 1. The Morgan fingerprint density at radius 1 is 1.00 bits per heavy atom. The van der Waals surface area contributed by atoms with Crippen molar-refractivity contribution in [2.75, 3.05) is 13.1 Å². The van der Waals surface area contributed by atoms with E-state index in [1.54, 1.807) is 18.2 Å². The molecule has 0 atom stereocenters. The molecule has 1 aliphatic carbocycles. The quantitative estimate of drug-likeness (QED) is 0.550. The van der Waals surface area contributed by atoms with Gasteiger partial charge in [-0.05, 0) is 74.2 Å². The number of halogens is 2. The maximum atomic E-state index is 14.9. The van der Waals surface area contributed by atoms with Gasteiger partial charge in [0.15, 0.2) is 17.3 Å². The lowest BCUT2D eigenvalue weighted by Gasteiger charge is -2.26. The second kappa shape index (κ2) is 9.21. The number of carbonyl (C=O) groups is 1. The van der Waals surface area contributed by atoms with E-state index < -0.39 is 17.5 Å². The fourth-order valence-corrected chi connectivity index (χ4v) is 5.42. The largest absolute Gasteiger partial charge is 0.364 e. The maximum absolute atomic E-state index is 14.9. The topological polar surface area (TPSA) is 64.2 Å². The number of aromatic nitrogens is 2. The van der Waals surface area contributed by atoms with E-state index in [1.165, 1.54) is 18.9 Å². The molecule has 1 saturated carbocycles. The van der Waals surface area contributed by atoms with Crippen molar-refractivity contribution in [3.05, 3.63) is 53.2 Å². The number of hydrogen-bond donors (Lipinski definition) is 1. The summed E-state index contributed by atoms with van der Waals surface area (Å²) in [6.45, 7) is 2.55. The fourth-order valence-electron chi connectivity index (χ4n) is 5.42. The first kappa shape index (κ1) is 22.0. The zero-order valence-corrected chi connectivity index (χ0v) is 18.8. The van der Waals surface area contributed by atoms with E-state index >= 15 is 0 Å². The molecule has 2 N–H and O–H groups in total. The van der Waals surface area contributed by atoms with Gasteiger partial charge in [0.05, 0.1) is 11.6 Å². The monoisotopic (exact) mass is 452 g/mol. The first-order valence-electron chi connectivity index (χ1n) is 12.0. The third-order valence-corrected chi connectivity index (χ3v) is 7.11. The van der Waals surface area contributed by atoms with Gasteiger partial charge in [-0.1, -0.05) is 31.7 Å². The molecule has 2 heterocycles. The summed E-state index contributed by atoms with van der Waals surface area (Å²) < 4.78 is 31.4. The van der Waals surface area contributed by atoms with Gasteiger partial charge in [0.1, 0.15) is 0 Å². The van der Waals surface area contributed by atoms with Crippen molar-refractivity contribution in [2.24, 2.45) is 5.73 Å². The maximum Gasteiger partial charge on any atom is 0.269 e. The van der Waals surface area contributed by atoms with Gasteiger partial charge < -0.3 is 5.73 Å². The molecular formula is C26H30F2N4O. The Balaban J connectivity index is 1.55. The Morgan fingerprint density at radius 2 is 1.73 bits per heavy atom. The van der Waals surface area contributed by atoms with E-state index in [0.717, 1.165) is 62.7 Å². The van der Waals surface area contributed by atoms with E-state index in [9.17, 15) is 13.6 Å². The van der Waals surface area contributed by atoms with Crippen LogP contribution < -0.4 is 5.73 Å². The lowest BCUT2D eigenvalue weighted by atomic mass is 9.95. The first-order chi connectivity index (χ1) is 16.0. The van der Waals surface area contributed by atoms with Gasteiger partial charge in [0.25, 0.3) is 5.91 Å². The van der Waals surface area contributed by atoms with E-state index in [0.29, 0.717) is 17.5 Å². The average Bonchev–Trinajstić information content (AvgIpc) is 3.22. The van der Waals surface area contributed by atoms with Crippen molar-refractivity contribution in [2.45, 2.75) is 64.0 Å². The number of primary amides is 1. The Morgan fingerprint density at radius 3 is 2.45 bits per heavy atom. The van der Waals surface area contributed by atoms with Crippen LogP contribution in [0.1, 0.15) is 73.5 Å². The van der Waals surface area contributed by atoms with Crippen LogP contribution in [-0.2, 0) is 6.54 Å². The third kappa shape index (κ3) is 4.38. The first-order valence-corrected chi connectivity index (χ1v) is 12.0. The lowest BCUT2D eigenvalue weighted by Crippen LogP contribution is -2.29. The molecule has 0 bridgehead atoms. The zero-order chi connectivity index (χ0) is 22.9. The zero-order valence-electron chi connectivity index (χ0n) is 18.8. The SMILES string of the molecule is NC(=O)c1nn(C2CCCCC2)c2ccc(-c3cc(CN4CCCCC4)cc(F)c3F)cc12. The third-order valence-electron chi connectivity index (χ3n) is 7.11. The molecule has 5 nitrogen and oxygen atoms in total. The summed E-state index contributed by atoms with van der Waals surface area (Å²) in [5.74, 6) is -2.35. The highest BCUT2D eigenvalue weighted by atomic mass is 19.2. The summed E-state index contributed by atoms with van der Waals surface area (Å²) in [5.41, 5.74) is 8.10. The van der Waals surface area contributed by atoms with E-state index in [1.807, 2.05) is 10.7 Å². The summed E-state index contributed by atoms with van der Waals surface area (Å²) in [6.07, 6.45) is 8.97. The molecule has 33 heavy (non-hydrogen) atoms. The standard InChI is InChI=1S/C26H30F2N4O/c27-22-14-17(16-31-11-5-2-6-12-31)13-20(24(22)28)18-9-10-23-21(15-18)25(26(29)33)30-32(23)19-7-3-1-4-8-19/h9-10,13-15,19H,1-8,11-12,16H2,(H2,29,33). The minimum absolute atomic E-state index is 0.183. The van der Waals surface area contributed by atoms with Crippen LogP contribution in [0.2, 0.25) is 0 Å². The van der Waals surface area contributed by atoms with Crippen molar-refractivity contribution >= 4 is 16.8 Å². The second-order valence-corrected chi connectivity index (χ2v) is 9.46. The van der Waals surface area contributed by atoms with Crippen LogP contribution in [0.25, 0.3) is 22.0 Å². The highest BCUT2D eigenvalue weighted by Gasteiger charge is 2.23. The molecule has 0 unspecified atom stereocenters. The predicted octanol–water partition coefficient (Wildman–Crippen LogP) is 5.57. The smallest absolute Gasteiger partial charge is 0.269 e. The lowest BCUT2D eigenvalue weighted by molar-refractivity contribution is 0.0995. The summed E-state index contributed by atoms with van der Waals surface area (Å²) in [5, 5.41) is 5.14. The summed E-state index contributed by atoms with van der Waals surface area (Å²) >= 11 is 0. The Kier molecular flexibility index (Phi) is 6.15. The summed E-state index contributed by atoms with van der Waals surface area (Å²) in [4.78, 5) is 14.4. The van der Waals surface area contributed by atoms with Crippen molar-refractivity contribution in [3.8, 4) is 11.1 Å². The highest BCUT2D eigenvalue weighted by molar-refractivity contribution is 6.05. The van der Waals surface area contributed by atoms with Crippen molar-refractivity contribution in [1.82, 2.24) is 14.7 Å². The van der Waals surface area contributed by atoms with Gasteiger partial charge >= 0.3 is 0 Å². The van der Waals surface area contributed by atoms with E-state index in [4.69, 9.17) is 5.73 Å². The molecule has 5 rings (SSSR count). The molecule has 174 valence electrons. The molecule has 1 saturated heterocycles. The molecule has 2 fully saturated rings. The molecule has 1 amide bonds. The average molecular weight is 453 g/mol. The molecule has 0 radical (unpaired) electrons. The van der Waals surface area contributed by atoms with Gasteiger partial charge in [-0.25, -0.2) is 8.78 Å². The minimum atomic E-state index is -0.878. The summed E-state index contributed by atoms with van der Waals surface area (Å²) in [7, 11) is 0. The number of amides is 1. The number of rotatable bonds is 5.